The fourth-order valence-corrected chi connectivity index (χ4v) is 1.36. The summed E-state index contributed by atoms with van der Waals surface area (Å²) in [5.41, 5.74) is 0. The summed E-state index contributed by atoms with van der Waals surface area (Å²) in [4.78, 5) is 11.7. The van der Waals surface area contributed by atoms with Crippen molar-refractivity contribution >= 4 is 17.9 Å². The molecule has 0 heterocycles. The molecule has 0 amide bonds. The number of benzene rings is 1. The van der Waals surface area contributed by atoms with E-state index in [1.165, 1.54) is 18.9 Å². The molecule has 0 fully saturated rings. The summed E-state index contributed by atoms with van der Waals surface area (Å²) in [7, 11) is 1.28. The first-order valence-corrected chi connectivity index (χ1v) is 4.89. The summed E-state index contributed by atoms with van der Waals surface area (Å²) in [5.74, 6) is 0.529. The van der Waals surface area contributed by atoms with Crippen molar-refractivity contribution in [3.63, 3.8) is 0 Å². The van der Waals surface area contributed by atoms with Gasteiger partial charge in [0, 0.05) is 0 Å². The molecule has 0 aliphatic rings. The second-order valence-electron chi connectivity index (χ2n) is 2.21. The van der Waals surface area contributed by atoms with Gasteiger partial charge in [0.05, 0.1) is 12.0 Å². The lowest BCUT2D eigenvalue weighted by atomic mass is 10.3. The van der Waals surface area contributed by atoms with Crippen LogP contribution in [0.5, 0.6) is 5.75 Å². The molecule has 4 heteroatoms. The minimum atomic E-state index is -0.693. The van der Waals surface area contributed by atoms with Crippen molar-refractivity contribution in [1.82, 2.24) is 0 Å². The number of hydrogen-bond donors (Lipinski definition) is 0. The molecule has 0 saturated heterocycles. The van der Waals surface area contributed by atoms with Crippen LogP contribution in [0.2, 0.25) is 0 Å². The van der Waals surface area contributed by atoms with Crippen molar-refractivity contribution in [3.05, 3.63) is 24.3 Å². The molecule has 0 aliphatic heterocycles. The van der Waals surface area contributed by atoms with Crippen LogP contribution in [0.3, 0.4) is 0 Å². The van der Waals surface area contributed by atoms with Gasteiger partial charge in [-0.2, -0.15) is 0 Å². The Morgan fingerprint density at radius 1 is 1.38 bits per heavy atom. The van der Waals surface area contributed by atoms with Crippen molar-refractivity contribution in [2.45, 2.75) is 4.90 Å². The van der Waals surface area contributed by atoms with Crippen molar-refractivity contribution in [2.24, 2.45) is 0 Å². The first-order chi connectivity index (χ1) is 6.27. The number of rotatable bonds is 2. The average molecular weight is 198 g/mol. The minimum Gasteiger partial charge on any atom is -0.437 e. The Bertz CT molecular complexity index is 299. The molecule has 1 aromatic carbocycles. The summed E-state index contributed by atoms with van der Waals surface area (Å²) < 4.78 is 9.29. The summed E-state index contributed by atoms with van der Waals surface area (Å²) in [5, 5.41) is 0. The molecule has 3 nitrogen and oxygen atoms in total. The molecule has 0 saturated carbocycles. The predicted octanol–water partition coefficient (Wildman–Crippen LogP) is 2.55. The van der Waals surface area contributed by atoms with Crippen LogP contribution in [-0.2, 0) is 4.74 Å². The van der Waals surface area contributed by atoms with E-state index in [4.69, 9.17) is 4.74 Å². The molecule has 0 unspecified atom stereocenters. The van der Waals surface area contributed by atoms with E-state index in [9.17, 15) is 4.79 Å². The van der Waals surface area contributed by atoms with Gasteiger partial charge in [0.15, 0.2) is 0 Å². The van der Waals surface area contributed by atoms with E-state index >= 15 is 0 Å². The van der Waals surface area contributed by atoms with Gasteiger partial charge in [0.25, 0.3) is 0 Å². The maximum atomic E-state index is 10.8. The van der Waals surface area contributed by atoms with Crippen molar-refractivity contribution in [3.8, 4) is 5.75 Å². The maximum Gasteiger partial charge on any atom is 0.513 e. The van der Waals surface area contributed by atoms with Gasteiger partial charge in [-0.25, -0.2) is 4.79 Å². The summed E-state index contributed by atoms with van der Waals surface area (Å²) >= 11 is 1.52. The minimum absolute atomic E-state index is 0.529. The highest BCUT2D eigenvalue weighted by Gasteiger charge is 2.06. The second kappa shape index (κ2) is 4.77. The molecule has 0 bridgehead atoms. The first-order valence-electron chi connectivity index (χ1n) is 3.66. The van der Waals surface area contributed by atoms with Crippen LogP contribution < -0.4 is 4.74 Å². The number of para-hydroxylation sites is 1. The molecular formula is C9H10O3S. The van der Waals surface area contributed by atoms with Gasteiger partial charge in [-0.3, -0.25) is 0 Å². The highest BCUT2D eigenvalue weighted by Crippen LogP contribution is 2.26. The molecule has 0 spiro atoms. The zero-order chi connectivity index (χ0) is 9.68. The smallest absolute Gasteiger partial charge is 0.437 e. The standard InChI is InChI=1S/C9H10O3S/c1-11-9(10)12-7-5-3-4-6-8(7)13-2/h3-6H,1-2H3. The van der Waals surface area contributed by atoms with Gasteiger partial charge < -0.3 is 9.47 Å². The van der Waals surface area contributed by atoms with Crippen LogP contribution in [0.15, 0.2) is 29.2 Å². The number of carbonyl (C=O) groups is 1. The SMILES string of the molecule is COC(=O)Oc1ccccc1SC. The van der Waals surface area contributed by atoms with Crippen molar-refractivity contribution in [2.75, 3.05) is 13.4 Å². The third-order valence-corrected chi connectivity index (χ3v) is 2.21. The Balaban J connectivity index is 2.81. The summed E-state index contributed by atoms with van der Waals surface area (Å²) in [6.45, 7) is 0. The lowest BCUT2D eigenvalue weighted by Gasteiger charge is -2.05. The molecule has 70 valence electrons. The predicted molar refractivity (Wildman–Crippen MR) is 51.3 cm³/mol. The van der Waals surface area contributed by atoms with Gasteiger partial charge in [-0.05, 0) is 18.4 Å². The number of methoxy groups -OCH3 is 1. The molecular weight excluding hydrogens is 188 g/mol. The number of carbonyl (C=O) groups excluding carboxylic acids is 1. The van der Waals surface area contributed by atoms with Crippen LogP contribution in [-0.4, -0.2) is 19.5 Å². The van der Waals surface area contributed by atoms with Crippen LogP contribution in [0.25, 0.3) is 0 Å². The van der Waals surface area contributed by atoms with Gasteiger partial charge in [-0.15, -0.1) is 11.8 Å². The van der Waals surface area contributed by atoms with Gasteiger partial charge in [0.2, 0.25) is 0 Å². The Labute approximate surface area is 81.0 Å². The monoisotopic (exact) mass is 198 g/mol. The summed E-state index contributed by atoms with van der Waals surface area (Å²) in [6, 6.07) is 7.29. The molecule has 1 aromatic rings. The molecule has 0 aliphatic carbocycles. The Kier molecular flexibility index (Phi) is 3.64. The van der Waals surface area contributed by atoms with E-state index in [0.717, 1.165) is 4.90 Å². The van der Waals surface area contributed by atoms with Gasteiger partial charge in [0.1, 0.15) is 5.75 Å². The van der Waals surface area contributed by atoms with Crippen LogP contribution in [0.1, 0.15) is 0 Å². The van der Waals surface area contributed by atoms with E-state index < -0.39 is 6.16 Å². The number of hydrogen-bond acceptors (Lipinski definition) is 4. The molecule has 1 rings (SSSR count). The third-order valence-electron chi connectivity index (χ3n) is 1.43. The topological polar surface area (TPSA) is 35.5 Å². The van der Waals surface area contributed by atoms with Crippen molar-refractivity contribution < 1.29 is 14.3 Å². The molecule has 0 atom stereocenters. The first kappa shape index (κ1) is 9.92. The highest BCUT2D eigenvalue weighted by atomic mass is 32.2. The van der Waals surface area contributed by atoms with E-state index in [1.807, 2.05) is 18.4 Å². The lowest BCUT2D eigenvalue weighted by Crippen LogP contribution is -2.07. The fourth-order valence-electron chi connectivity index (χ4n) is 0.835. The van der Waals surface area contributed by atoms with Gasteiger partial charge in [-0.1, -0.05) is 12.1 Å². The Hall–Kier alpha value is -1.16. The molecule has 13 heavy (non-hydrogen) atoms. The summed E-state index contributed by atoms with van der Waals surface area (Å²) in [6.07, 6.45) is 1.22. The Morgan fingerprint density at radius 3 is 2.69 bits per heavy atom. The number of thioether (sulfide) groups is 1. The van der Waals surface area contributed by atoms with E-state index in [-0.39, 0.29) is 0 Å². The molecule has 0 radical (unpaired) electrons. The largest absolute Gasteiger partial charge is 0.513 e. The normalized spacial score (nSPS) is 9.38. The Morgan fingerprint density at radius 2 is 2.08 bits per heavy atom. The maximum absolute atomic E-state index is 10.8. The highest BCUT2D eigenvalue weighted by molar-refractivity contribution is 7.98. The average Bonchev–Trinajstić information content (AvgIpc) is 2.18. The molecule has 0 N–H and O–H groups in total. The van der Waals surface area contributed by atoms with E-state index in [0.29, 0.717) is 5.75 Å². The van der Waals surface area contributed by atoms with Crippen LogP contribution in [0.4, 0.5) is 4.79 Å². The zero-order valence-electron chi connectivity index (χ0n) is 7.44. The van der Waals surface area contributed by atoms with Crippen molar-refractivity contribution in [1.29, 1.82) is 0 Å². The quantitative estimate of drug-likeness (QED) is 0.415. The number of ether oxygens (including phenoxy) is 2. The van der Waals surface area contributed by atoms with E-state index in [2.05, 4.69) is 4.74 Å². The van der Waals surface area contributed by atoms with E-state index in [1.54, 1.807) is 12.1 Å². The fraction of sp³-hybridized carbons (Fsp3) is 0.222. The van der Waals surface area contributed by atoms with Crippen LogP contribution in [0, 0.1) is 0 Å². The lowest BCUT2D eigenvalue weighted by molar-refractivity contribution is 0.120. The third kappa shape index (κ3) is 2.66. The molecule has 0 aromatic heterocycles. The second-order valence-corrected chi connectivity index (χ2v) is 3.06. The zero-order valence-corrected chi connectivity index (χ0v) is 8.26. The van der Waals surface area contributed by atoms with Gasteiger partial charge >= 0.3 is 6.16 Å². The van der Waals surface area contributed by atoms with Crippen LogP contribution >= 0.6 is 11.8 Å².